The van der Waals surface area contributed by atoms with Gasteiger partial charge in [-0.1, -0.05) is 19.4 Å². The van der Waals surface area contributed by atoms with Crippen LogP contribution in [0, 0.1) is 6.92 Å². The first-order chi connectivity index (χ1) is 8.20. The largest absolute Gasteiger partial charge is 0.374 e. The van der Waals surface area contributed by atoms with Gasteiger partial charge in [0, 0.05) is 12.7 Å². The van der Waals surface area contributed by atoms with Crippen LogP contribution in [-0.4, -0.2) is 27.2 Å². The zero-order valence-corrected chi connectivity index (χ0v) is 10.6. The lowest BCUT2D eigenvalue weighted by atomic mass is 10.3. The molecule has 0 unspecified atom stereocenters. The molecular weight excluding hydrogens is 216 g/mol. The van der Waals surface area contributed by atoms with Crippen molar-refractivity contribution in [3.05, 3.63) is 30.0 Å². The van der Waals surface area contributed by atoms with Crippen LogP contribution in [0.4, 0.5) is 0 Å². The van der Waals surface area contributed by atoms with Crippen LogP contribution >= 0.6 is 0 Å². The average molecular weight is 236 g/mol. The smallest absolute Gasteiger partial charge is 0.155 e. The van der Waals surface area contributed by atoms with E-state index in [0.29, 0.717) is 5.84 Å². The zero-order chi connectivity index (χ0) is 12.7. The molecule has 1 heterocycles. The number of imidazole rings is 1. The molecule has 5 heteroatoms. The average Bonchev–Trinajstić information content (AvgIpc) is 2.64. The topological polar surface area (TPSA) is 62.4 Å². The van der Waals surface area contributed by atoms with Crippen LogP contribution in [0.1, 0.15) is 31.2 Å². The number of aliphatic imine (C=N–C) groups is 1. The van der Waals surface area contributed by atoms with Gasteiger partial charge in [0.05, 0.1) is 6.33 Å². The number of aryl methyl sites for hydroxylation is 1. The second-order valence-corrected chi connectivity index (χ2v) is 3.77. The summed E-state index contributed by atoms with van der Waals surface area (Å²) in [5, 5.41) is 12.0. The second-order valence-electron chi connectivity index (χ2n) is 3.77. The van der Waals surface area contributed by atoms with Crippen LogP contribution in [-0.2, 0) is 7.05 Å². The van der Waals surface area contributed by atoms with E-state index in [1.807, 2.05) is 30.8 Å². The van der Waals surface area contributed by atoms with Gasteiger partial charge in [-0.25, -0.2) is 9.98 Å². The van der Waals surface area contributed by atoms with Crippen molar-refractivity contribution in [3.8, 4) is 0 Å². The predicted molar refractivity (Wildman–Crippen MR) is 68.8 cm³/mol. The zero-order valence-electron chi connectivity index (χ0n) is 10.6. The summed E-state index contributed by atoms with van der Waals surface area (Å²) >= 11 is 0. The normalized spacial score (nSPS) is 12.4. The molecule has 0 atom stereocenters. The number of nitrogens with zero attached hydrogens (tertiary/aromatic N) is 3. The van der Waals surface area contributed by atoms with Crippen molar-refractivity contribution in [2.75, 3.05) is 6.73 Å². The van der Waals surface area contributed by atoms with Crippen LogP contribution < -0.4 is 5.32 Å². The number of rotatable bonds is 5. The number of unbranched alkanes of at least 4 members (excludes halogenated alkanes) is 1. The Kier molecular flexibility index (Phi) is 5.42. The van der Waals surface area contributed by atoms with Crippen LogP contribution in [0.25, 0.3) is 0 Å². The monoisotopic (exact) mass is 236 g/mol. The van der Waals surface area contributed by atoms with E-state index in [4.69, 9.17) is 5.11 Å². The molecule has 0 aromatic carbocycles. The van der Waals surface area contributed by atoms with Gasteiger partial charge >= 0.3 is 0 Å². The number of hydrogen-bond acceptors (Lipinski definition) is 3. The summed E-state index contributed by atoms with van der Waals surface area (Å²) < 4.78 is 1.92. The molecule has 0 fully saturated rings. The Labute approximate surface area is 102 Å². The van der Waals surface area contributed by atoms with Gasteiger partial charge in [-0.3, -0.25) is 0 Å². The third-order valence-corrected chi connectivity index (χ3v) is 2.48. The number of aliphatic hydroxyl groups excluding tert-OH is 1. The number of hydrogen-bond donors (Lipinski definition) is 2. The molecule has 1 aromatic rings. The summed E-state index contributed by atoms with van der Waals surface area (Å²) in [5.74, 6) is 0.595. The molecule has 1 aromatic heterocycles. The Morgan fingerprint density at radius 2 is 2.41 bits per heavy atom. The van der Waals surface area contributed by atoms with Crippen LogP contribution in [0.15, 0.2) is 23.6 Å². The molecule has 0 saturated carbocycles. The minimum Gasteiger partial charge on any atom is -0.374 e. The van der Waals surface area contributed by atoms with Gasteiger partial charge in [-0.2, -0.15) is 0 Å². The lowest BCUT2D eigenvalue weighted by Gasteiger charge is -2.04. The number of aliphatic hydroxyl groups is 1. The molecule has 2 N–H and O–H groups in total. The van der Waals surface area contributed by atoms with E-state index < -0.39 is 0 Å². The van der Waals surface area contributed by atoms with E-state index in [-0.39, 0.29) is 6.73 Å². The minimum atomic E-state index is -0.250. The van der Waals surface area contributed by atoms with E-state index in [0.717, 1.165) is 24.2 Å². The van der Waals surface area contributed by atoms with E-state index in [1.165, 1.54) is 0 Å². The molecule has 94 valence electrons. The summed E-state index contributed by atoms with van der Waals surface area (Å²) in [4.78, 5) is 8.26. The molecule has 1 rings (SSSR count). The fraction of sp³-hybridized carbons (Fsp3) is 0.500. The van der Waals surface area contributed by atoms with Crippen LogP contribution in [0.3, 0.4) is 0 Å². The van der Waals surface area contributed by atoms with Gasteiger partial charge in [0.25, 0.3) is 0 Å². The van der Waals surface area contributed by atoms with E-state index >= 15 is 0 Å². The second kappa shape index (κ2) is 6.85. The quantitative estimate of drug-likeness (QED) is 0.599. The molecule has 5 nitrogen and oxygen atoms in total. The Morgan fingerprint density at radius 1 is 1.65 bits per heavy atom. The molecule has 0 aliphatic carbocycles. The number of allylic oxidation sites excluding steroid dienone is 1. The van der Waals surface area contributed by atoms with Gasteiger partial charge in [0.15, 0.2) is 5.84 Å². The Bertz CT molecular complexity index is 407. The highest BCUT2D eigenvalue weighted by molar-refractivity contribution is 5.98. The number of nitrogens with one attached hydrogen (secondary N) is 1. The molecule has 0 amide bonds. The molecule has 0 aliphatic rings. The van der Waals surface area contributed by atoms with Crippen molar-refractivity contribution in [1.29, 1.82) is 0 Å². The maximum Gasteiger partial charge on any atom is 0.155 e. The summed E-state index contributed by atoms with van der Waals surface area (Å²) in [6.07, 6.45) is 7.72. The highest BCUT2D eigenvalue weighted by Crippen LogP contribution is 2.04. The maximum absolute atomic E-state index is 8.91. The Balaban J connectivity index is 2.80. The summed E-state index contributed by atoms with van der Waals surface area (Å²) in [6, 6.07) is 0. The fourth-order valence-electron chi connectivity index (χ4n) is 1.37. The maximum atomic E-state index is 8.91. The Hall–Kier alpha value is -1.62. The van der Waals surface area contributed by atoms with Gasteiger partial charge in [-0.05, 0) is 19.5 Å². The van der Waals surface area contributed by atoms with Gasteiger partial charge in [0.1, 0.15) is 12.4 Å². The third-order valence-electron chi connectivity index (χ3n) is 2.48. The first kappa shape index (κ1) is 13.4. The lowest BCUT2D eigenvalue weighted by Crippen LogP contribution is -2.21. The fourth-order valence-corrected chi connectivity index (χ4v) is 1.37. The lowest BCUT2D eigenvalue weighted by molar-refractivity contribution is 0.309. The third kappa shape index (κ3) is 3.71. The van der Waals surface area contributed by atoms with Crippen molar-refractivity contribution in [1.82, 2.24) is 14.9 Å². The standard InChI is InChI=1S/C12H20N4O/c1-4-5-6-7-13-12(15-9-17)11-10(2)16(3)8-14-11/h6-8,17H,4-5,9H2,1-3H3,(H,13,15)/b7-6+. The van der Waals surface area contributed by atoms with Crippen molar-refractivity contribution < 1.29 is 5.11 Å². The highest BCUT2D eigenvalue weighted by atomic mass is 16.3. The molecular formula is C12H20N4O. The molecule has 0 saturated heterocycles. The summed E-state index contributed by atoms with van der Waals surface area (Å²) in [5.41, 5.74) is 1.77. The first-order valence-corrected chi connectivity index (χ1v) is 5.75. The SMILES string of the molecule is CCC/C=C/N/C(=N\CO)c1ncn(C)c1C. The van der Waals surface area contributed by atoms with E-state index in [9.17, 15) is 0 Å². The van der Waals surface area contributed by atoms with Gasteiger partial charge in [0.2, 0.25) is 0 Å². The van der Waals surface area contributed by atoms with Crippen LogP contribution in [0.2, 0.25) is 0 Å². The van der Waals surface area contributed by atoms with E-state index in [2.05, 4.69) is 22.2 Å². The molecule has 0 aliphatic heterocycles. The van der Waals surface area contributed by atoms with Gasteiger partial charge in [-0.15, -0.1) is 0 Å². The molecule has 0 bridgehead atoms. The van der Waals surface area contributed by atoms with Crippen molar-refractivity contribution >= 4 is 5.84 Å². The number of aromatic nitrogens is 2. The Morgan fingerprint density at radius 3 is 2.94 bits per heavy atom. The van der Waals surface area contributed by atoms with Crippen molar-refractivity contribution in [2.24, 2.45) is 12.0 Å². The first-order valence-electron chi connectivity index (χ1n) is 5.75. The molecule has 0 radical (unpaired) electrons. The van der Waals surface area contributed by atoms with Crippen LogP contribution in [0.5, 0.6) is 0 Å². The predicted octanol–water partition coefficient (Wildman–Crippen LogP) is 1.33. The van der Waals surface area contributed by atoms with Crippen molar-refractivity contribution in [3.63, 3.8) is 0 Å². The minimum absolute atomic E-state index is 0.250. The summed E-state index contributed by atoms with van der Waals surface area (Å²) in [7, 11) is 1.93. The molecule has 17 heavy (non-hydrogen) atoms. The van der Waals surface area contributed by atoms with Gasteiger partial charge < -0.3 is 15.0 Å². The van der Waals surface area contributed by atoms with E-state index in [1.54, 1.807) is 6.33 Å². The highest BCUT2D eigenvalue weighted by Gasteiger charge is 2.09. The number of amidine groups is 1. The summed E-state index contributed by atoms with van der Waals surface area (Å²) in [6.45, 7) is 3.84. The van der Waals surface area contributed by atoms with Crippen molar-refractivity contribution in [2.45, 2.75) is 26.7 Å². The molecule has 0 spiro atoms.